The second-order valence-electron chi connectivity index (χ2n) is 10.9. The molecule has 232 valence electrons. The summed E-state index contributed by atoms with van der Waals surface area (Å²) in [7, 11) is -3.50. The molecule has 0 amide bonds. The molecule has 0 atom stereocenters. The van der Waals surface area contributed by atoms with Gasteiger partial charge in [-0.1, -0.05) is 95.6 Å². The quantitative estimate of drug-likeness (QED) is 0.114. The molecule has 2 aliphatic rings. The van der Waals surface area contributed by atoms with E-state index in [1.165, 1.54) is 30.2 Å². The van der Waals surface area contributed by atoms with E-state index in [1.54, 1.807) is 0 Å². The molecule has 12 heteroatoms. The molecular formula is C32H36Cl2N6O2S2. The van der Waals surface area contributed by atoms with Crippen LogP contribution in [0.15, 0.2) is 71.0 Å². The lowest BCUT2D eigenvalue weighted by atomic mass is 10.1. The van der Waals surface area contributed by atoms with Gasteiger partial charge in [-0.15, -0.1) is 0 Å². The number of hydrogen-bond acceptors (Lipinski definition) is 9. The van der Waals surface area contributed by atoms with Crippen molar-refractivity contribution < 1.29 is 8.42 Å². The minimum atomic E-state index is -3.50. The van der Waals surface area contributed by atoms with Crippen LogP contribution in [-0.2, 0) is 22.7 Å². The highest BCUT2D eigenvalue weighted by Gasteiger charge is 2.25. The van der Waals surface area contributed by atoms with Crippen LogP contribution in [0.25, 0.3) is 0 Å². The lowest BCUT2D eigenvalue weighted by Crippen LogP contribution is -2.23. The van der Waals surface area contributed by atoms with Crippen LogP contribution in [0.5, 0.6) is 0 Å². The van der Waals surface area contributed by atoms with Crippen molar-refractivity contribution in [2.75, 3.05) is 48.5 Å². The second kappa shape index (κ2) is 14.9. The van der Waals surface area contributed by atoms with Crippen molar-refractivity contribution in [1.82, 2.24) is 19.9 Å². The van der Waals surface area contributed by atoms with Crippen molar-refractivity contribution in [3.63, 3.8) is 0 Å². The molecule has 0 spiro atoms. The number of rotatable bonds is 8. The summed E-state index contributed by atoms with van der Waals surface area (Å²) < 4.78 is 23.6. The smallest absolute Gasteiger partial charge is 0.250 e. The number of hydrogen-bond donors (Lipinski definition) is 0. The predicted octanol–water partition coefficient (Wildman–Crippen LogP) is 6.77. The summed E-state index contributed by atoms with van der Waals surface area (Å²) in [6.07, 6.45) is 9.03. The number of halogens is 2. The van der Waals surface area contributed by atoms with Crippen molar-refractivity contribution in [1.29, 1.82) is 0 Å². The molecule has 0 saturated carbocycles. The van der Waals surface area contributed by atoms with Gasteiger partial charge in [0, 0.05) is 56.4 Å². The third kappa shape index (κ3) is 8.21. The molecule has 2 aliphatic heterocycles. The first kappa shape index (κ1) is 32.5. The van der Waals surface area contributed by atoms with E-state index in [1.807, 2.05) is 42.7 Å². The fourth-order valence-electron chi connectivity index (χ4n) is 5.40. The van der Waals surface area contributed by atoms with E-state index in [-0.39, 0.29) is 10.3 Å². The molecule has 2 fully saturated rings. The molecule has 0 aliphatic carbocycles. The Morgan fingerprint density at radius 3 is 1.55 bits per heavy atom. The molecule has 0 N–H and O–H groups in total. The van der Waals surface area contributed by atoms with Gasteiger partial charge in [0.25, 0.3) is 0 Å². The molecule has 4 heterocycles. The van der Waals surface area contributed by atoms with Gasteiger partial charge in [0.1, 0.15) is 21.9 Å². The van der Waals surface area contributed by atoms with Crippen LogP contribution in [0.2, 0.25) is 10.3 Å². The summed E-state index contributed by atoms with van der Waals surface area (Å²) in [6.45, 7) is 3.84. The normalized spacial score (nSPS) is 14.9. The molecule has 8 nitrogen and oxygen atoms in total. The molecule has 2 aromatic heterocycles. The highest BCUT2D eigenvalue weighted by molar-refractivity contribution is 7.98. The van der Waals surface area contributed by atoms with Crippen LogP contribution in [0.4, 0.5) is 11.6 Å². The largest absolute Gasteiger partial charge is 0.356 e. The number of aromatic nitrogens is 4. The van der Waals surface area contributed by atoms with Gasteiger partial charge in [-0.25, -0.2) is 28.4 Å². The van der Waals surface area contributed by atoms with Gasteiger partial charge in [0.05, 0.1) is 0 Å². The number of thioether (sulfide) groups is 1. The first-order valence-corrected chi connectivity index (χ1v) is 18.5. The first-order chi connectivity index (χ1) is 21.2. The zero-order valence-corrected chi connectivity index (χ0v) is 28.1. The van der Waals surface area contributed by atoms with E-state index in [0.29, 0.717) is 17.4 Å². The van der Waals surface area contributed by atoms with Gasteiger partial charge in [-0.05, 0) is 43.1 Å². The van der Waals surface area contributed by atoms with Crippen LogP contribution in [0.1, 0.15) is 47.9 Å². The Hall–Kier alpha value is -2.92. The standard InChI is InChI=1S/C16H18ClN3O2S.C16H18ClN3S/c1-23(21,22)16-18-14(17)13(11-12-7-3-2-4-8-12)15(19-16)20-9-5-6-10-20;1-21-16-18-14(17)13(11-12-7-3-2-4-8-12)15(19-16)20-9-5-6-10-20/h2-4,7-8H,5-6,9-11H2,1H3;2-4,7-8H,5-6,9-11H2,1H3. The van der Waals surface area contributed by atoms with Crippen LogP contribution in [-0.4, -0.2) is 67.0 Å². The monoisotopic (exact) mass is 670 g/mol. The van der Waals surface area contributed by atoms with Gasteiger partial charge in [0.15, 0.2) is 5.16 Å². The van der Waals surface area contributed by atoms with E-state index < -0.39 is 9.84 Å². The molecule has 2 aromatic carbocycles. The topological polar surface area (TPSA) is 92.2 Å². The van der Waals surface area contributed by atoms with Crippen molar-refractivity contribution in [2.24, 2.45) is 0 Å². The predicted molar refractivity (Wildman–Crippen MR) is 180 cm³/mol. The number of nitrogens with zero attached hydrogens (tertiary/aromatic N) is 6. The Morgan fingerprint density at radius 1 is 0.682 bits per heavy atom. The van der Waals surface area contributed by atoms with Crippen molar-refractivity contribution in [2.45, 2.75) is 48.8 Å². The lowest BCUT2D eigenvalue weighted by molar-refractivity contribution is 0.592. The third-order valence-corrected chi connectivity index (χ3v) is 9.62. The van der Waals surface area contributed by atoms with E-state index in [4.69, 9.17) is 28.2 Å². The highest BCUT2D eigenvalue weighted by Crippen LogP contribution is 2.32. The zero-order chi connectivity index (χ0) is 31.1. The fraction of sp³-hybridized carbons (Fsp3) is 0.375. The van der Waals surface area contributed by atoms with E-state index >= 15 is 0 Å². The summed E-state index contributed by atoms with van der Waals surface area (Å²) in [5.74, 6) is 1.66. The second-order valence-corrected chi connectivity index (χ2v) is 14.3. The summed E-state index contributed by atoms with van der Waals surface area (Å²) in [4.78, 5) is 21.9. The Bertz CT molecular complexity index is 1670. The minimum absolute atomic E-state index is 0.207. The third-order valence-electron chi connectivity index (χ3n) is 7.60. The van der Waals surface area contributed by atoms with Crippen molar-refractivity contribution >= 4 is 56.4 Å². The summed E-state index contributed by atoms with van der Waals surface area (Å²) in [5, 5.41) is 1.34. The maximum atomic E-state index is 11.8. The molecule has 6 rings (SSSR count). The van der Waals surface area contributed by atoms with Gasteiger partial charge in [-0.2, -0.15) is 0 Å². The molecule has 2 saturated heterocycles. The summed E-state index contributed by atoms with van der Waals surface area (Å²) in [5.41, 5.74) is 4.15. The zero-order valence-electron chi connectivity index (χ0n) is 24.9. The van der Waals surface area contributed by atoms with Crippen molar-refractivity contribution in [3.8, 4) is 0 Å². The van der Waals surface area contributed by atoms with Crippen LogP contribution < -0.4 is 9.80 Å². The van der Waals surface area contributed by atoms with E-state index in [2.05, 4.69) is 49.0 Å². The van der Waals surface area contributed by atoms with Crippen molar-refractivity contribution in [3.05, 3.63) is 93.2 Å². The Morgan fingerprint density at radius 2 is 1.11 bits per heavy atom. The summed E-state index contributed by atoms with van der Waals surface area (Å²) in [6, 6.07) is 20.3. The van der Waals surface area contributed by atoms with E-state index in [0.717, 1.165) is 79.4 Å². The first-order valence-electron chi connectivity index (χ1n) is 14.7. The Labute approximate surface area is 274 Å². The molecule has 0 radical (unpaired) electrons. The van der Waals surface area contributed by atoms with Gasteiger partial charge in [0.2, 0.25) is 15.0 Å². The fourth-order valence-corrected chi connectivity index (χ4v) is 6.83. The molecule has 0 unspecified atom stereocenters. The minimum Gasteiger partial charge on any atom is -0.356 e. The molecule has 44 heavy (non-hydrogen) atoms. The van der Waals surface area contributed by atoms with Crippen LogP contribution >= 0.6 is 35.0 Å². The Balaban J connectivity index is 0.000000175. The van der Waals surface area contributed by atoms with Crippen LogP contribution in [0, 0.1) is 0 Å². The maximum absolute atomic E-state index is 11.8. The number of benzene rings is 2. The molecule has 4 aromatic rings. The lowest BCUT2D eigenvalue weighted by Gasteiger charge is -2.21. The average Bonchev–Trinajstić information content (AvgIpc) is 3.75. The number of anilines is 2. The van der Waals surface area contributed by atoms with Crippen LogP contribution in [0.3, 0.4) is 0 Å². The molecule has 0 bridgehead atoms. The highest BCUT2D eigenvalue weighted by atomic mass is 35.5. The van der Waals surface area contributed by atoms with E-state index in [9.17, 15) is 8.42 Å². The Kier molecular flexibility index (Phi) is 11.0. The average molecular weight is 672 g/mol. The summed E-state index contributed by atoms with van der Waals surface area (Å²) >= 11 is 14.3. The van der Waals surface area contributed by atoms with Gasteiger partial charge < -0.3 is 9.80 Å². The van der Waals surface area contributed by atoms with Gasteiger partial charge in [-0.3, -0.25) is 0 Å². The SMILES string of the molecule is CS(=O)(=O)c1nc(Cl)c(Cc2ccccc2)c(N2CCCC2)n1.CSc1nc(Cl)c(Cc2ccccc2)c(N2CCCC2)n1. The molecular weight excluding hydrogens is 635 g/mol. The number of sulfone groups is 1. The van der Waals surface area contributed by atoms with Gasteiger partial charge >= 0.3 is 0 Å². The maximum Gasteiger partial charge on any atom is 0.250 e.